The summed E-state index contributed by atoms with van der Waals surface area (Å²) in [5.74, 6) is 0.555. The molecule has 0 saturated heterocycles. The first kappa shape index (κ1) is 17.3. The van der Waals surface area contributed by atoms with Crippen molar-refractivity contribution in [1.82, 2.24) is 0 Å². The maximum absolute atomic E-state index is 12.0. The van der Waals surface area contributed by atoms with E-state index in [1.54, 1.807) is 14.2 Å². The summed E-state index contributed by atoms with van der Waals surface area (Å²) in [6.45, 7) is 1.41. The molecule has 1 aromatic heterocycles. The summed E-state index contributed by atoms with van der Waals surface area (Å²) < 4.78 is 10.8. The van der Waals surface area contributed by atoms with Crippen LogP contribution in [0.2, 0.25) is 0 Å². The smallest absolute Gasteiger partial charge is 0.252 e. The van der Waals surface area contributed by atoms with Gasteiger partial charge in [0.05, 0.1) is 19.8 Å². The third-order valence-electron chi connectivity index (χ3n) is 4.27. The first-order valence-electron chi connectivity index (χ1n) is 7.94. The van der Waals surface area contributed by atoms with Crippen molar-refractivity contribution in [1.29, 1.82) is 0 Å². The van der Waals surface area contributed by atoms with E-state index in [0.717, 1.165) is 40.8 Å². The lowest BCUT2D eigenvalue weighted by atomic mass is 10.0. The molecule has 2 aromatic rings. The number of hydrogen-bond donors (Lipinski definition) is 2. The molecule has 0 unspecified atom stereocenters. The van der Waals surface area contributed by atoms with Gasteiger partial charge in [0.25, 0.3) is 5.91 Å². The minimum absolute atomic E-state index is 0.230. The number of ether oxygens (including phenoxy) is 2. The third-order valence-corrected chi connectivity index (χ3v) is 5.45. The van der Waals surface area contributed by atoms with E-state index < -0.39 is 5.91 Å². The molecule has 0 aliphatic heterocycles. The largest absolute Gasteiger partial charge is 0.493 e. The van der Waals surface area contributed by atoms with Gasteiger partial charge in [-0.15, -0.1) is 11.3 Å². The maximum Gasteiger partial charge on any atom is 0.252 e. The van der Waals surface area contributed by atoms with E-state index in [1.165, 1.54) is 18.3 Å². The number of thiophene rings is 1. The second kappa shape index (κ2) is 6.76. The van der Waals surface area contributed by atoms with Crippen molar-refractivity contribution < 1.29 is 19.1 Å². The number of anilines is 1. The van der Waals surface area contributed by atoms with Gasteiger partial charge < -0.3 is 20.5 Å². The first-order valence-corrected chi connectivity index (χ1v) is 8.76. The molecule has 0 radical (unpaired) electrons. The van der Waals surface area contributed by atoms with Crippen molar-refractivity contribution in [2.75, 3.05) is 19.5 Å². The lowest BCUT2D eigenvalue weighted by Gasteiger charge is -2.13. The van der Waals surface area contributed by atoms with Crippen LogP contribution in [-0.2, 0) is 17.6 Å². The number of rotatable bonds is 4. The molecule has 3 N–H and O–H groups in total. The Kier molecular flexibility index (Phi) is 4.67. The fraction of sp³-hybridized carbons (Fsp3) is 0.333. The van der Waals surface area contributed by atoms with Gasteiger partial charge in [-0.25, -0.2) is 0 Å². The summed E-state index contributed by atoms with van der Waals surface area (Å²) in [5.41, 5.74) is 9.04. The summed E-state index contributed by atoms with van der Waals surface area (Å²) in [5, 5.41) is 3.24. The van der Waals surface area contributed by atoms with Crippen LogP contribution in [0.1, 0.15) is 34.8 Å². The Hall–Kier alpha value is -2.54. The second-order valence-corrected chi connectivity index (χ2v) is 6.90. The van der Waals surface area contributed by atoms with E-state index >= 15 is 0 Å². The van der Waals surface area contributed by atoms with E-state index in [4.69, 9.17) is 15.2 Å². The highest BCUT2D eigenvalue weighted by atomic mass is 32.1. The molecular formula is C18H20N2O4S. The summed E-state index contributed by atoms with van der Waals surface area (Å²) in [6.07, 6.45) is 2.47. The zero-order chi connectivity index (χ0) is 18.1. The number of hydrogen-bond acceptors (Lipinski definition) is 5. The Morgan fingerprint density at radius 3 is 2.44 bits per heavy atom. The van der Waals surface area contributed by atoms with Crippen LogP contribution in [0.3, 0.4) is 0 Å². The average molecular weight is 360 g/mol. The molecule has 0 saturated carbocycles. The Balaban J connectivity index is 2.25. The van der Waals surface area contributed by atoms with Gasteiger partial charge in [0.15, 0.2) is 11.5 Å². The number of nitrogens with two attached hydrogens (primary N) is 1. The maximum atomic E-state index is 12.0. The van der Waals surface area contributed by atoms with Crippen LogP contribution in [0.25, 0.3) is 10.4 Å². The Labute approximate surface area is 149 Å². The van der Waals surface area contributed by atoms with Crippen molar-refractivity contribution in [3.8, 4) is 21.9 Å². The fourth-order valence-electron chi connectivity index (χ4n) is 3.22. The lowest BCUT2D eigenvalue weighted by Crippen LogP contribution is -2.16. The average Bonchev–Trinajstić information content (AvgIpc) is 2.82. The van der Waals surface area contributed by atoms with Gasteiger partial charge in [0.1, 0.15) is 5.00 Å². The van der Waals surface area contributed by atoms with Crippen molar-refractivity contribution in [3.05, 3.63) is 28.8 Å². The third kappa shape index (κ3) is 3.07. The van der Waals surface area contributed by atoms with Crippen LogP contribution >= 0.6 is 11.3 Å². The second-order valence-electron chi connectivity index (χ2n) is 5.88. The van der Waals surface area contributed by atoms with Gasteiger partial charge in [0.2, 0.25) is 5.91 Å². The monoisotopic (exact) mass is 360 g/mol. The number of nitrogens with one attached hydrogen (secondary N) is 1. The Bertz CT molecular complexity index is 857. The van der Waals surface area contributed by atoms with Crippen molar-refractivity contribution in [3.63, 3.8) is 0 Å². The number of amides is 2. The molecule has 7 heteroatoms. The summed E-state index contributed by atoms with van der Waals surface area (Å²) in [6, 6.07) is 3.90. The van der Waals surface area contributed by atoms with E-state index in [9.17, 15) is 9.59 Å². The number of aryl methyl sites for hydroxylation is 1. The summed E-state index contributed by atoms with van der Waals surface area (Å²) in [4.78, 5) is 24.5. The van der Waals surface area contributed by atoms with E-state index in [2.05, 4.69) is 5.32 Å². The van der Waals surface area contributed by atoms with E-state index in [-0.39, 0.29) is 5.91 Å². The van der Waals surface area contributed by atoms with Crippen LogP contribution < -0.4 is 20.5 Å². The van der Waals surface area contributed by atoms with Gasteiger partial charge in [-0.2, -0.15) is 0 Å². The summed E-state index contributed by atoms with van der Waals surface area (Å²) >= 11 is 1.38. The first-order chi connectivity index (χ1) is 12.0. The standard InChI is InChI=1S/C18H20N2O4S/c1-9(21)20-18-15(17(19)22)11-6-4-5-10-7-13(23-2)14(24-3)8-12(10)16(11)25-18/h7-8H,4-6H2,1-3H3,(H2,19,22)(H,20,21). The van der Waals surface area contributed by atoms with Gasteiger partial charge >= 0.3 is 0 Å². The fourth-order valence-corrected chi connectivity index (χ4v) is 4.58. The predicted molar refractivity (Wildman–Crippen MR) is 97.7 cm³/mol. The van der Waals surface area contributed by atoms with Crippen molar-refractivity contribution in [2.45, 2.75) is 26.2 Å². The van der Waals surface area contributed by atoms with Crippen LogP contribution in [0, 0.1) is 0 Å². The van der Waals surface area contributed by atoms with E-state index in [0.29, 0.717) is 22.1 Å². The van der Waals surface area contributed by atoms with Gasteiger partial charge in [-0.1, -0.05) is 0 Å². The molecule has 132 valence electrons. The topological polar surface area (TPSA) is 90.7 Å². The highest BCUT2D eigenvalue weighted by Crippen LogP contribution is 2.46. The van der Waals surface area contributed by atoms with Crippen molar-refractivity contribution in [2.24, 2.45) is 5.73 Å². The number of carbonyl (C=O) groups excluding carboxylic acids is 2. The van der Waals surface area contributed by atoms with Gasteiger partial charge in [-0.05, 0) is 48.1 Å². The minimum Gasteiger partial charge on any atom is -0.493 e. The molecule has 3 rings (SSSR count). The predicted octanol–water partition coefficient (Wildman–Crippen LogP) is 2.98. The van der Waals surface area contributed by atoms with Crippen LogP contribution in [0.4, 0.5) is 5.00 Å². The number of fused-ring (bicyclic) bond motifs is 3. The zero-order valence-electron chi connectivity index (χ0n) is 14.4. The van der Waals surface area contributed by atoms with Crippen LogP contribution in [0.5, 0.6) is 11.5 Å². The van der Waals surface area contributed by atoms with E-state index in [1.807, 2.05) is 12.1 Å². The molecule has 1 heterocycles. The molecule has 1 aromatic carbocycles. The number of primary amides is 1. The quantitative estimate of drug-likeness (QED) is 0.877. The lowest BCUT2D eigenvalue weighted by molar-refractivity contribution is -0.114. The summed E-state index contributed by atoms with van der Waals surface area (Å²) in [7, 11) is 3.20. The molecule has 6 nitrogen and oxygen atoms in total. The van der Waals surface area contributed by atoms with Crippen LogP contribution in [0.15, 0.2) is 12.1 Å². The molecule has 25 heavy (non-hydrogen) atoms. The molecule has 2 amide bonds. The number of benzene rings is 1. The number of carbonyl (C=O) groups is 2. The molecule has 0 spiro atoms. The molecular weight excluding hydrogens is 340 g/mol. The highest BCUT2D eigenvalue weighted by molar-refractivity contribution is 7.20. The highest BCUT2D eigenvalue weighted by Gasteiger charge is 2.27. The minimum atomic E-state index is -0.523. The molecule has 0 atom stereocenters. The molecule has 1 aliphatic carbocycles. The SMILES string of the molecule is COc1cc2c(cc1OC)-c1sc(NC(C)=O)c(C(N)=O)c1CCC2. The molecule has 0 fully saturated rings. The molecule has 0 bridgehead atoms. The normalized spacial score (nSPS) is 12.6. The Morgan fingerprint density at radius 1 is 1.16 bits per heavy atom. The Morgan fingerprint density at radius 2 is 1.84 bits per heavy atom. The van der Waals surface area contributed by atoms with Crippen molar-refractivity contribution >= 4 is 28.2 Å². The zero-order valence-corrected chi connectivity index (χ0v) is 15.2. The molecule has 1 aliphatic rings. The van der Waals surface area contributed by atoms with Gasteiger partial charge in [-0.3, -0.25) is 9.59 Å². The van der Waals surface area contributed by atoms with Gasteiger partial charge in [0, 0.05) is 11.8 Å². The van der Waals surface area contributed by atoms with Crippen LogP contribution in [-0.4, -0.2) is 26.0 Å². The number of methoxy groups -OCH3 is 2.